The summed E-state index contributed by atoms with van der Waals surface area (Å²) in [5, 5.41) is 10.7. The molecule has 0 saturated heterocycles. The number of aromatic carboxylic acids is 1. The molecule has 1 aromatic rings. The van der Waals surface area contributed by atoms with Gasteiger partial charge in [-0.1, -0.05) is 6.58 Å². The number of hydrogen-bond donors (Lipinski definition) is 1. The quantitative estimate of drug-likeness (QED) is 0.834. The highest BCUT2D eigenvalue weighted by molar-refractivity contribution is 7.12. The van der Waals surface area contributed by atoms with Crippen LogP contribution in [0.2, 0.25) is 0 Å². The molecule has 1 rings (SSSR count). The summed E-state index contributed by atoms with van der Waals surface area (Å²) >= 11 is 1.24. The van der Waals surface area contributed by atoms with E-state index in [0.717, 1.165) is 16.8 Å². The molecule has 0 aliphatic heterocycles. The van der Waals surface area contributed by atoms with Crippen molar-refractivity contribution in [3.05, 3.63) is 28.0 Å². The van der Waals surface area contributed by atoms with Crippen molar-refractivity contribution in [1.82, 2.24) is 4.90 Å². The molecule has 1 aromatic heterocycles. The van der Waals surface area contributed by atoms with Crippen LogP contribution in [0.4, 0.5) is 0 Å². The molecule has 0 atom stereocenters. The Morgan fingerprint density at radius 3 is 2.50 bits per heavy atom. The summed E-state index contributed by atoms with van der Waals surface area (Å²) < 4.78 is 0. The third kappa shape index (κ3) is 1.80. The molecule has 0 bridgehead atoms. The third-order valence-electron chi connectivity index (χ3n) is 2.08. The highest BCUT2D eigenvalue weighted by Gasteiger charge is 2.15. The minimum Gasteiger partial charge on any atom is -0.477 e. The summed E-state index contributed by atoms with van der Waals surface area (Å²) in [5.74, 6) is -0.870. The Morgan fingerprint density at radius 2 is 2.14 bits per heavy atom. The van der Waals surface area contributed by atoms with Crippen LogP contribution in [-0.2, 0) is 0 Å². The van der Waals surface area contributed by atoms with E-state index in [1.807, 2.05) is 31.3 Å². The van der Waals surface area contributed by atoms with Crippen LogP contribution in [0.5, 0.6) is 0 Å². The Morgan fingerprint density at radius 1 is 1.57 bits per heavy atom. The van der Waals surface area contributed by atoms with Gasteiger partial charge in [0.05, 0.1) is 0 Å². The average molecular weight is 211 g/mol. The Labute approximate surface area is 87.3 Å². The van der Waals surface area contributed by atoms with E-state index in [1.165, 1.54) is 11.3 Å². The van der Waals surface area contributed by atoms with Gasteiger partial charge in [0, 0.05) is 30.7 Å². The third-order valence-corrected chi connectivity index (χ3v) is 3.15. The second-order valence-corrected chi connectivity index (χ2v) is 4.13. The number of rotatable bonds is 3. The first-order valence-corrected chi connectivity index (χ1v) is 5.01. The van der Waals surface area contributed by atoms with Crippen molar-refractivity contribution >= 4 is 23.0 Å². The lowest BCUT2D eigenvalue weighted by Gasteiger charge is -2.15. The van der Waals surface area contributed by atoms with Crippen LogP contribution in [0.1, 0.15) is 20.8 Å². The van der Waals surface area contributed by atoms with E-state index < -0.39 is 5.97 Å². The number of carboxylic acid groups (broad SMARTS) is 1. The van der Waals surface area contributed by atoms with Gasteiger partial charge in [-0.05, 0) is 12.5 Å². The monoisotopic (exact) mass is 211 g/mol. The molecule has 3 nitrogen and oxygen atoms in total. The van der Waals surface area contributed by atoms with Crippen molar-refractivity contribution < 1.29 is 9.90 Å². The fourth-order valence-corrected chi connectivity index (χ4v) is 2.09. The summed E-state index contributed by atoms with van der Waals surface area (Å²) in [4.78, 5) is 13.1. The first-order chi connectivity index (χ1) is 6.45. The van der Waals surface area contributed by atoms with Crippen molar-refractivity contribution in [3.63, 3.8) is 0 Å². The summed E-state index contributed by atoms with van der Waals surface area (Å²) in [6.07, 6.45) is 0. The summed E-state index contributed by atoms with van der Waals surface area (Å²) in [6, 6.07) is 0. The van der Waals surface area contributed by atoms with Gasteiger partial charge in [-0.15, -0.1) is 11.3 Å². The van der Waals surface area contributed by atoms with Crippen molar-refractivity contribution in [2.45, 2.75) is 6.92 Å². The van der Waals surface area contributed by atoms with E-state index in [1.54, 1.807) is 0 Å². The first kappa shape index (κ1) is 10.8. The van der Waals surface area contributed by atoms with Crippen LogP contribution in [0, 0.1) is 6.92 Å². The molecule has 0 radical (unpaired) electrons. The van der Waals surface area contributed by atoms with Gasteiger partial charge in [0.25, 0.3) is 0 Å². The van der Waals surface area contributed by atoms with Crippen molar-refractivity contribution in [2.75, 3.05) is 14.1 Å². The first-order valence-electron chi connectivity index (χ1n) is 4.13. The molecule has 4 heteroatoms. The lowest BCUT2D eigenvalue weighted by molar-refractivity contribution is 0.0701. The largest absolute Gasteiger partial charge is 0.477 e. The minimum atomic E-state index is -0.870. The van der Waals surface area contributed by atoms with Gasteiger partial charge in [-0.25, -0.2) is 4.79 Å². The van der Waals surface area contributed by atoms with Gasteiger partial charge in [-0.3, -0.25) is 0 Å². The number of nitrogens with zero attached hydrogens (tertiary/aromatic N) is 1. The molecule has 0 unspecified atom stereocenters. The van der Waals surface area contributed by atoms with Crippen LogP contribution >= 0.6 is 11.3 Å². The van der Waals surface area contributed by atoms with Gasteiger partial charge in [0.1, 0.15) is 4.88 Å². The molecule has 76 valence electrons. The molecule has 0 aliphatic carbocycles. The highest BCUT2D eigenvalue weighted by atomic mass is 32.1. The smallest absolute Gasteiger partial charge is 0.346 e. The van der Waals surface area contributed by atoms with Crippen molar-refractivity contribution in [2.24, 2.45) is 0 Å². The van der Waals surface area contributed by atoms with Gasteiger partial charge in [-0.2, -0.15) is 0 Å². The molecule has 0 aromatic carbocycles. The number of carbonyl (C=O) groups is 1. The molecule has 0 aliphatic rings. The second kappa shape index (κ2) is 3.84. The van der Waals surface area contributed by atoms with Crippen LogP contribution in [0.3, 0.4) is 0 Å². The molecular formula is C10H13NO2S. The lowest BCUT2D eigenvalue weighted by Crippen LogP contribution is -2.09. The zero-order valence-corrected chi connectivity index (χ0v) is 9.31. The molecule has 0 amide bonds. The van der Waals surface area contributed by atoms with E-state index in [-0.39, 0.29) is 0 Å². The standard InChI is InChI=1S/C10H13NO2S/c1-6-8(7(2)11(3)4)5-14-9(6)10(12)13/h5H,2H2,1,3-4H3,(H,12,13). The van der Waals surface area contributed by atoms with E-state index in [9.17, 15) is 4.79 Å². The maximum absolute atomic E-state index is 10.8. The SMILES string of the molecule is C=C(c1csc(C(=O)O)c1C)N(C)C. The van der Waals surface area contributed by atoms with Gasteiger partial charge >= 0.3 is 5.97 Å². The molecule has 14 heavy (non-hydrogen) atoms. The molecule has 0 saturated carbocycles. The lowest BCUT2D eigenvalue weighted by atomic mass is 10.1. The summed E-state index contributed by atoms with van der Waals surface area (Å²) in [7, 11) is 3.78. The number of thiophene rings is 1. The second-order valence-electron chi connectivity index (χ2n) is 3.25. The predicted octanol–water partition coefficient (Wildman–Crippen LogP) is 2.29. The number of hydrogen-bond acceptors (Lipinski definition) is 3. The van der Waals surface area contributed by atoms with Gasteiger partial charge < -0.3 is 10.0 Å². The zero-order valence-electron chi connectivity index (χ0n) is 8.50. The molecular weight excluding hydrogens is 198 g/mol. The Balaban J connectivity index is 3.13. The van der Waals surface area contributed by atoms with Crippen molar-refractivity contribution in [3.8, 4) is 0 Å². The predicted molar refractivity (Wildman–Crippen MR) is 58.7 cm³/mol. The van der Waals surface area contributed by atoms with Gasteiger partial charge in [0.2, 0.25) is 0 Å². The summed E-state index contributed by atoms with van der Waals surface area (Å²) in [6.45, 7) is 5.71. The number of carboxylic acids is 1. The van der Waals surface area contributed by atoms with Crippen LogP contribution < -0.4 is 0 Å². The Bertz CT molecular complexity index is 379. The van der Waals surface area contributed by atoms with Crippen LogP contribution in [0.25, 0.3) is 5.70 Å². The topological polar surface area (TPSA) is 40.5 Å². The Hall–Kier alpha value is -1.29. The normalized spacial score (nSPS) is 9.93. The van der Waals surface area contributed by atoms with E-state index in [4.69, 9.17) is 5.11 Å². The minimum absolute atomic E-state index is 0.392. The van der Waals surface area contributed by atoms with Crippen LogP contribution in [0.15, 0.2) is 12.0 Å². The van der Waals surface area contributed by atoms with E-state index >= 15 is 0 Å². The zero-order chi connectivity index (χ0) is 10.9. The average Bonchev–Trinajstić information content (AvgIpc) is 2.45. The van der Waals surface area contributed by atoms with Crippen LogP contribution in [-0.4, -0.2) is 30.1 Å². The van der Waals surface area contributed by atoms with E-state index in [2.05, 4.69) is 6.58 Å². The molecule has 1 heterocycles. The maximum Gasteiger partial charge on any atom is 0.346 e. The van der Waals surface area contributed by atoms with E-state index in [0.29, 0.717) is 4.88 Å². The summed E-state index contributed by atoms with van der Waals surface area (Å²) in [5.41, 5.74) is 2.55. The molecule has 1 N–H and O–H groups in total. The molecule has 0 spiro atoms. The highest BCUT2D eigenvalue weighted by Crippen LogP contribution is 2.27. The fourth-order valence-electron chi connectivity index (χ4n) is 1.15. The maximum atomic E-state index is 10.8. The molecule has 0 fully saturated rings. The van der Waals surface area contributed by atoms with Gasteiger partial charge in [0.15, 0.2) is 0 Å². The van der Waals surface area contributed by atoms with Crippen molar-refractivity contribution in [1.29, 1.82) is 0 Å². The Kier molecular flexibility index (Phi) is 2.96. The fraction of sp³-hybridized carbons (Fsp3) is 0.300.